The molecule has 0 aliphatic rings. The van der Waals surface area contributed by atoms with Gasteiger partial charge in [0.15, 0.2) is 0 Å². The second-order valence-electron chi connectivity index (χ2n) is 4.30. The van der Waals surface area contributed by atoms with E-state index in [1.165, 1.54) is 6.08 Å². The van der Waals surface area contributed by atoms with Crippen LogP contribution in [0.25, 0.3) is 6.08 Å². The summed E-state index contributed by atoms with van der Waals surface area (Å²) in [5.74, 6) is -1.19. The number of aliphatic hydroxyl groups is 1. The van der Waals surface area contributed by atoms with Crippen molar-refractivity contribution in [2.45, 2.75) is 13.8 Å². The first kappa shape index (κ1) is 15.9. The molecular weight excluding hydrogens is 258 g/mol. The van der Waals surface area contributed by atoms with Crippen LogP contribution in [0, 0.1) is 6.92 Å². The SMILES string of the molecule is CCN(CCO)C(=O)c1cccc(C=CC(=O)O)c1C. The van der Waals surface area contributed by atoms with Crippen LogP contribution in [0.1, 0.15) is 28.4 Å². The molecule has 1 aromatic rings. The average molecular weight is 277 g/mol. The molecule has 0 fully saturated rings. The lowest BCUT2D eigenvalue weighted by Crippen LogP contribution is -2.33. The van der Waals surface area contributed by atoms with Gasteiger partial charge in [0.1, 0.15) is 0 Å². The van der Waals surface area contributed by atoms with Crippen molar-refractivity contribution >= 4 is 18.0 Å². The van der Waals surface area contributed by atoms with Crippen molar-refractivity contribution in [3.05, 3.63) is 41.0 Å². The Morgan fingerprint density at radius 1 is 1.35 bits per heavy atom. The quantitative estimate of drug-likeness (QED) is 0.773. The van der Waals surface area contributed by atoms with Crippen molar-refractivity contribution in [1.29, 1.82) is 0 Å². The first-order valence-electron chi connectivity index (χ1n) is 6.42. The third-order valence-electron chi connectivity index (χ3n) is 3.05. The molecule has 5 heteroatoms. The third-order valence-corrected chi connectivity index (χ3v) is 3.05. The molecule has 0 aliphatic heterocycles. The number of benzene rings is 1. The van der Waals surface area contributed by atoms with E-state index in [0.717, 1.165) is 11.6 Å². The number of aliphatic hydroxyl groups excluding tert-OH is 1. The molecule has 0 spiro atoms. The predicted molar refractivity (Wildman–Crippen MR) is 76.5 cm³/mol. The minimum atomic E-state index is -1.03. The minimum absolute atomic E-state index is 0.0861. The lowest BCUT2D eigenvalue weighted by Gasteiger charge is -2.21. The number of amides is 1. The monoisotopic (exact) mass is 277 g/mol. The molecule has 0 radical (unpaired) electrons. The van der Waals surface area contributed by atoms with Crippen LogP contribution in [0.15, 0.2) is 24.3 Å². The highest BCUT2D eigenvalue weighted by molar-refractivity contribution is 5.97. The Labute approximate surface area is 118 Å². The van der Waals surface area contributed by atoms with E-state index in [9.17, 15) is 9.59 Å². The standard InChI is InChI=1S/C15H19NO4/c1-3-16(9-10-17)15(20)13-6-4-5-12(11(13)2)7-8-14(18)19/h4-8,17H,3,9-10H2,1-2H3,(H,18,19). The van der Waals surface area contributed by atoms with Crippen LogP contribution >= 0.6 is 0 Å². The second kappa shape index (κ2) is 7.45. The van der Waals surface area contributed by atoms with Gasteiger partial charge in [-0.25, -0.2) is 4.79 Å². The molecule has 2 N–H and O–H groups in total. The summed E-state index contributed by atoms with van der Waals surface area (Å²) in [6, 6.07) is 5.18. The van der Waals surface area contributed by atoms with Gasteiger partial charge in [-0.1, -0.05) is 12.1 Å². The zero-order valence-corrected chi connectivity index (χ0v) is 11.7. The molecule has 0 bridgehead atoms. The van der Waals surface area contributed by atoms with Gasteiger partial charge in [0, 0.05) is 24.7 Å². The van der Waals surface area contributed by atoms with Gasteiger partial charge in [-0.05, 0) is 37.1 Å². The topological polar surface area (TPSA) is 77.8 Å². The van der Waals surface area contributed by atoms with Crippen LogP contribution in [0.2, 0.25) is 0 Å². The summed E-state index contributed by atoms with van der Waals surface area (Å²) in [6.45, 7) is 4.33. The zero-order valence-electron chi connectivity index (χ0n) is 11.7. The van der Waals surface area contributed by atoms with Gasteiger partial charge in [0.25, 0.3) is 5.91 Å². The molecule has 1 rings (SSSR count). The molecule has 0 saturated carbocycles. The van der Waals surface area contributed by atoms with E-state index in [1.54, 1.807) is 30.0 Å². The summed E-state index contributed by atoms with van der Waals surface area (Å²) in [7, 11) is 0. The average Bonchev–Trinajstić information content (AvgIpc) is 2.42. The Kier molecular flexibility index (Phi) is 5.93. The summed E-state index contributed by atoms with van der Waals surface area (Å²) in [5.41, 5.74) is 1.94. The number of rotatable bonds is 6. The minimum Gasteiger partial charge on any atom is -0.478 e. The lowest BCUT2D eigenvalue weighted by atomic mass is 10.0. The highest BCUT2D eigenvalue weighted by Crippen LogP contribution is 2.17. The van der Waals surface area contributed by atoms with E-state index in [-0.39, 0.29) is 19.1 Å². The fraction of sp³-hybridized carbons (Fsp3) is 0.333. The Morgan fingerprint density at radius 2 is 2.05 bits per heavy atom. The van der Waals surface area contributed by atoms with Crippen molar-refractivity contribution in [2.75, 3.05) is 19.7 Å². The molecule has 20 heavy (non-hydrogen) atoms. The van der Waals surface area contributed by atoms with Gasteiger partial charge >= 0.3 is 5.97 Å². The number of carbonyl (C=O) groups is 2. The number of hydrogen-bond acceptors (Lipinski definition) is 3. The van der Waals surface area contributed by atoms with Crippen LogP contribution in [-0.4, -0.2) is 46.7 Å². The van der Waals surface area contributed by atoms with Crippen LogP contribution in [0.3, 0.4) is 0 Å². The Hall–Kier alpha value is -2.14. The number of likely N-dealkylation sites (N-methyl/N-ethyl adjacent to an activating group) is 1. The highest BCUT2D eigenvalue weighted by Gasteiger charge is 2.16. The first-order chi connectivity index (χ1) is 9.51. The molecular formula is C15H19NO4. The number of carboxylic acid groups (broad SMARTS) is 1. The Balaban J connectivity index is 3.10. The molecule has 0 aromatic heterocycles. The second-order valence-corrected chi connectivity index (χ2v) is 4.30. The molecule has 0 aliphatic carbocycles. The molecule has 0 saturated heterocycles. The summed E-state index contributed by atoms with van der Waals surface area (Å²) >= 11 is 0. The van der Waals surface area contributed by atoms with Gasteiger partial charge < -0.3 is 15.1 Å². The number of nitrogens with zero attached hydrogens (tertiary/aromatic N) is 1. The fourth-order valence-electron chi connectivity index (χ4n) is 1.92. The molecule has 108 valence electrons. The maximum absolute atomic E-state index is 12.4. The zero-order chi connectivity index (χ0) is 15.1. The van der Waals surface area contributed by atoms with Crippen LogP contribution in [-0.2, 0) is 4.79 Å². The molecule has 0 atom stereocenters. The summed E-state index contributed by atoms with van der Waals surface area (Å²) in [6.07, 6.45) is 2.51. The van der Waals surface area contributed by atoms with Crippen LogP contribution < -0.4 is 0 Å². The summed E-state index contributed by atoms with van der Waals surface area (Å²) in [5, 5.41) is 17.6. The number of carboxylic acids is 1. The third kappa shape index (κ3) is 3.93. The summed E-state index contributed by atoms with van der Waals surface area (Å²) in [4.78, 5) is 24.5. The van der Waals surface area contributed by atoms with Gasteiger partial charge in [-0.3, -0.25) is 4.79 Å². The predicted octanol–water partition coefficient (Wildman–Crippen LogP) is 1.55. The smallest absolute Gasteiger partial charge is 0.328 e. The van der Waals surface area contributed by atoms with E-state index in [4.69, 9.17) is 10.2 Å². The van der Waals surface area contributed by atoms with E-state index in [1.807, 2.05) is 6.92 Å². The number of aliphatic carboxylic acids is 1. The largest absolute Gasteiger partial charge is 0.478 e. The van der Waals surface area contributed by atoms with Gasteiger partial charge in [-0.15, -0.1) is 0 Å². The van der Waals surface area contributed by atoms with Crippen molar-refractivity contribution in [1.82, 2.24) is 4.90 Å². The van der Waals surface area contributed by atoms with Crippen LogP contribution in [0.5, 0.6) is 0 Å². The first-order valence-corrected chi connectivity index (χ1v) is 6.42. The molecule has 5 nitrogen and oxygen atoms in total. The van der Waals surface area contributed by atoms with Crippen molar-refractivity contribution in [3.8, 4) is 0 Å². The number of carbonyl (C=O) groups excluding carboxylic acids is 1. The highest BCUT2D eigenvalue weighted by atomic mass is 16.4. The maximum atomic E-state index is 12.4. The molecule has 0 unspecified atom stereocenters. The van der Waals surface area contributed by atoms with E-state index < -0.39 is 5.97 Å². The maximum Gasteiger partial charge on any atom is 0.328 e. The molecule has 0 heterocycles. The van der Waals surface area contributed by atoms with Gasteiger partial charge in [0.05, 0.1) is 6.61 Å². The van der Waals surface area contributed by atoms with Crippen LogP contribution in [0.4, 0.5) is 0 Å². The van der Waals surface area contributed by atoms with Crippen molar-refractivity contribution in [3.63, 3.8) is 0 Å². The lowest BCUT2D eigenvalue weighted by molar-refractivity contribution is -0.131. The fourth-order valence-corrected chi connectivity index (χ4v) is 1.92. The van der Waals surface area contributed by atoms with E-state index in [0.29, 0.717) is 17.7 Å². The van der Waals surface area contributed by atoms with E-state index >= 15 is 0 Å². The van der Waals surface area contributed by atoms with Crippen molar-refractivity contribution < 1.29 is 19.8 Å². The summed E-state index contributed by atoms with van der Waals surface area (Å²) < 4.78 is 0. The number of hydrogen-bond donors (Lipinski definition) is 2. The Bertz CT molecular complexity index is 523. The Morgan fingerprint density at radius 3 is 2.60 bits per heavy atom. The molecule has 1 amide bonds. The van der Waals surface area contributed by atoms with Gasteiger partial charge in [-0.2, -0.15) is 0 Å². The van der Waals surface area contributed by atoms with Gasteiger partial charge in [0.2, 0.25) is 0 Å². The van der Waals surface area contributed by atoms with E-state index in [2.05, 4.69) is 0 Å². The normalized spacial score (nSPS) is 10.8. The van der Waals surface area contributed by atoms with Crippen molar-refractivity contribution in [2.24, 2.45) is 0 Å². The molecule has 1 aromatic carbocycles.